The first-order valence-electron chi connectivity index (χ1n) is 6.49. The minimum absolute atomic E-state index is 0.128. The van der Waals surface area contributed by atoms with Crippen LogP contribution in [0.3, 0.4) is 0 Å². The molecule has 2 aromatic heterocycles. The Morgan fingerprint density at radius 2 is 1.91 bits per heavy atom. The maximum atomic E-state index is 13.3. The van der Waals surface area contributed by atoms with Gasteiger partial charge in [-0.05, 0) is 20.8 Å². The van der Waals surface area contributed by atoms with Crippen LogP contribution in [0.5, 0.6) is 0 Å². The lowest BCUT2D eigenvalue weighted by Crippen LogP contribution is -2.28. The van der Waals surface area contributed by atoms with Crippen LogP contribution in [0.1, 0.15) is 26.5 Å². The molecular weight excluding hydrogens is 315 g/mol. The minimum atomic E-state index is -4.77. The summed E-state index contributed by atoms with van der Waals surface area (Å²) < 4.78 is 45.4. The van der Waals surface area contributed by atoms with Gasteiger partial charge in [-0.2, -0.15) is 18.3 Å². The lowest BCUT2D eigenvalue weighted by Gasteiger charge is -2.20. The molecule has 0 saturated heterocycles. The van der Waals surface area contributed by atoms with Crippen molar-refractivity contribution in [3.8, 4) is 5.82 Å². The lowest BCUT2D eigenvalue weighted by atomic mass is 10.2. The molecule has 124 valence electrons. The average Bonchev–Trinajstić information content (AvgIpc) is 2.81. The van der Waals surface area contributed by atoms with Gasteiger partial charge in [0.1, 0.15) is 5.60 Å². The molecular formula is C13H14F3N5O2. The van der Waals surface area contributed by atoms with Crippen LogP contribution in [0.15, 0.2) is 24.8 Å². The van der Waals surface area contributed by atoms with Crippen LogP contribution in [0.4, 0.5) is 23.7 Å². The fraction of sp³-hybridized carbons (Fsp3) is 0.385. The Morgan fingerprint density at radius 3 is 2.43 bits per heavy atom. The molecule has 0 saturated carbocycles. The molecule has 1 N–H and O–H groups in total. The van der Waals surface area contributed by atoms with E-state index in [4.69, 9.17) is 4.74 Å². The molecule has 2 aromatic rings. The standard InChI is InChI=1S/C13H14F3N5O2/c1-12(2,3)23-11(22)20-8-6-19-21(10(8)13(14,15)16)9-7-17-4-5-18-9/h4-7H,1-3H3,(H,20,22). The number of aromatic nitrogens is 4. The van der Waals surface area contributed by atoms with E-state index in [0.717, 1.165) is 12.4 Å². The largest absolute Gasteiger partial charge is 0.444 e. The van der Waals surface area contributed by atoms with Crippen molar-refractivity contribution in [3.05, 3.63) is 30.5 Å². The molecule has 0 spiro atoms. The van der Waals surface area contributed by atoms with Crippen molar-refractivity contribution in [2.75, 3.05) is 5.32 Å². The Bertz CT molecular complexity index is 692. The normalized spacial score (nSPS) is 12.1. The van der Waals surface area contributed by atoms with Crippen molar-refractivity contribution in [3.63, 3.8) is 0 Å². The summed E-state index contributed by atoms with van der Waals surface area (Å²) in [5.74, 6) is -0.128. The van der Waals surface area contributed by atoms with Gasteiger partial charge in [-0.1, -0.05) is 0 Å². The van der Waals surface area contributed by atoms with Crippen LogP contribution in [-0.4, -0.2) is 31.4 Å². The molecule has 0 atom stereocenters. The maximum absolute atomic E-state index is 13.3. The number of halogens is 3. The Labute approximate surface area is 129 Å². The van der Waals surface area contributed by atoms with Crippen molar-refractivity contribution in [1.82, 2.24) is 19.7 Å². The number of alkyl halides is 3. The molecule has 0 aliphatic heterocycles. The number of hydrogen-bond acceptors (Lipinski definition) is 5. The number of nitrogens with one attached hydrogen (secondary N) is 1. The summed E-state index contributed by atoms with van der Waals surface area (Å²) in [5, 5.41) is 5.68. The molecule has 0 aliphatic carbocycles. The van der Waals surface area contributed by atoms with E-state index in [1.54, 1.807) is 20.8 Å². The van der Waals surface area contributed by atoms with E-state index in [1.807, 2.05) is 0 Å². The van der Waals surface area contributed by atoms with E-state index >= 15 is 0 Å². The highest BCUT2D eigenvalue weighted by Gasteiger charge is 2.40. The predicted molar refractivity (Wildman–Crippen MR) is 74.0 cm³/mol. The van der Waals surface area contributed by atoms with E-state index in [1.165, 1.54) is 12.4 Å². The molecule has 0 radical (unpaired) electrons. The van der Waals surface area contributed by atoms with E-state index in [0.29, 0.717) is 4.68 Å². The predicted octanol–water partition coefficient (Wildman–Crippen LogP) is 3.03. The fourth-order valence-corrected chi connectivity index (χ4v) is 1.70. The van der Waals surface area contributed by atoms with E-state index in [-0.39, 0.29) is 5.82 Å². The van der Waals surface area contributed by atoms with Gasteiger partial charge < -0.3 is 4.74 Å². The van der Waals surface area contributed by atoms with Gasteiger partial charge in [-0.15, -0.1) is 0 Å². The zero-order chi connectivity index (χ0) is 17.3. The first-order valence-corrected chi connectivity index (χ1v) is 6.49. The summed E-state index contributed by atoms with van der Waals surface area (Å²) in [7, 11) is 0. The highest BCUT2D eigenvalue weighted by molar-refractivity contribution is 5.85. The second kappa shape index (κ2) is 5.86. The molecule has 0 fully saturated rings. The number of ether oxygens (including phenoxy) is 1. The molecule has 0 aromatic carbocycles. The molecule has 2 heterocycles. The Hall–Kier alpha value is -2.65. The Balaban J connectivity index is 2.38. The smallest absolute Gasteiger partial charge is 0.435 e. The third-order valence-corrected chi connectivity index (χ3v) is 2.44. The molecule has 1 amide bonds. The topological polar surface area (TPSA) is 81.9 Å². The fourth-order valence-electron chi connectivity index (χ4n) is 1.70. The van der Waals surface area contributed by atoms with Crippen molar-refractivity contribution < 1.29 is 22.7 Å². The highest BCUT2D eigenvalue weighted by atomic mass is 19.4. The summed E-state index contributed by atoms with van der Waals surface area (Å²) in [5.41, 5.74) is -2.55. The minimum Gasteiger partial charge on any atom is -0.444 e. The van der Waals surface area contributed by atoms with Gasteiger partial charge in [0.2, 0.25) is 0 Å². The maximum Gasteiger partial charge on any atom is 0.435 e. The Morgan fingerprint density at radius 1 is 1.22 bits per heavy atom. The number of carbonyl (C=O) groups excluding carboxylic acids is 1. The monoisotopic (exact) mass is 329 g/mol. The first kappa shape index (κ1) is 16.7. The quantitative estimate of drug-likeness (QED) is 0.916. The molecule has 10 heteroatoms. The molecule has 0 bridgehead atoms. The third-order valence-electron chi connectivity index (χ3n) is 2.44. The van der Waals surface area contributed by atoms with E-state index < -0.39 is 29.3 Å². The number of carbonyl (C=O) groups is 1. The van der Waals surface area contributed by atoms with Gasteiger partial charge in [0.05, 0.1) is 18.1 Å². The summed E-state index contributed by atoms with van der Waals surface area (Å²) in [6.07, 6.45) is -1.22. The van der Waals surface area contributed by atoms with Gasteiger partial charge >= 0.3 is 12.3 Å². The van der Waals surface area contributed by atoms with Crippen molar-refractivity contribution >= 4 is 11.8 Å². The lowest BCUT2D eigenvalue weighted by molar-refractivity contribution is -0.142. The molecule has 0 aliphatic rings. The van der Waals surface area contributed by atoms with E-state index in [2.05, 4.69) is 20.4 Å². The van der Waals surface area contributed by atoms with Gasteiger partial charge in [0.15, 0.2) is 11.5 Å². The number of hydrogen-bond donors (Lipinski definition) is 1. The van der Waals surface area contributed by atoms with Crippen molar-refractivity contribution in [2.45, 2.75) is 32.5 Å². The first-order chi connectivity index (χ1) is 10.6. The van der Waals surface area contributed by atoms with Crippen LogP contribution in [0, 0.1) is 0 Å². The average molecular weight is 329 g/mol. The second-order valence-corrected chi connectivity index (χ2v) is 5.51. The SMILES string of the molecule is CC(C)(C)OC(=O)Nc1cnn(-c2cnccn2)c1C(F)(F)F. The van der Waals surface area contributed by atoms with Crippen LogP contribution >= 0.6 is 0 Å². The molecule has 23 heavy (non-hydrogen) atoms. The summed E-state index contributed by atoms with van der Waals surface area (Å²) in [6.45, 7) is 4.79. The molecule has 0 unspecified atom stereocenters. The number of rotatable bonds is 2. The zero-order valence-corrected chi connectivity index (χ0v) is 12.5. The molecule has 2 rings (SSSR count). The van der Waals surface area contributed by atoms with Gasteiger partial charge in [-0.3, -0.25) is 10.3 Å². The molecule has 7 nitrogen and oxygen atoms in total. The second-order valence-electron chi connectivity index (χ2n) is 5.51. The number of nitrogens with zero attached hydrogens (tertiary/aromatic N) is 4. The van der Waals surface area contributed by atoms with Crippen LogP contribution < -0.4 is 5.32 Å². The van der Waals surface area contributed by atoms with E-state index in [9.17, 15) is 18.0 Å². The van der Waals surface area contributed by atoms with Crippen molar-refractivity contribution in [1.29, 1.82) is 0 Å². The summed E-state index contributed by atoms with van der Waals surface area (Å²) in [4.78, 5) is 19.2. The van der Waals surface area contributed by atoms with Crippen LogP contribution in [-0.2, 0) is 10.9 Å². The van der Waals surface area contributed by atoms with Crippen LogP contribution in [0.2, 0.25) is 0 Å². The summed E-state index contributed by atoms with van der Waals surface area (Å²) in [6, 6.07) is 0. The van der Waals surface area contributed by atoms with Gasteiger partial charge in [0.25, 0.3) is 0 Å². The highest BCUT2D eigenvalue weighted by Crippen LogP contribution is 2.36. The zero-order valence-electron chi connectivity index (χ0n) is 12.5. The van der Waals surface area contributed by atoms with Crippen molar-refractivity contribution in [2.24, 2.45) is 0 Å². The number of anilines is 1. The van der Waals surface area contributed by atoms with Gasteiger partial charge in [0, 0.05) is 12.4 Å². The van der Waals surface area contributed by atoms with Gasteiger partial charge in [-0.25, -0.2) is 14.5 Å². The van der Waals surface area contributed by atoms with Crippen LogP contribution in [0.25, 0.3) is 5.82 Å². The third kappa shape index (κ3) is 4.18. The summed E-state index contributed by atoms with van der Waals surface area (Å²) >= 11 is 0. The Kier molecular flexibility index (Phi) is 4.26. The number of amides is 1.